The first-order valence-electron chi connectivity index (χ1n) is 13.4. The molecule has 2 aliphatic carbocycles. The summed E-state index contributed by atoms with van der Waals surface area (Å²) in [6.45, 7) is 1.56. The zero-order valence-corrected chi connectivity index (χ0v) is 21.5. The highest BCUT2D eigenvalue weighted by molar-refractivity contribution is 5.93. The van der Waals surface area contributed by atoms with Crippen LogP contribution in [0.1, 0.15) is 63.9 Å². The number of nitrogens with two attached hydrogens (primary N) is 1. The Balaban J connectivity index is 1.31. The van der Waals surface area contributed by atoms with Crippen molar-refractivity contribution in [2.24, 2.45) is 11.7 Å². The molecule has 1 heterocycles. The van der Waals surface area contributed by atoms with Gasteiger partial charge in [0.05, 0.1) is 17.6 Å². The summed E-state index contributed by atoms with van der Waals surface area (Å²) in [7, 11) is 0. The van der Waals surface area contributed by atoms with Crippen LogP contribution in [-0.4, -0.2) is 22.8 Å². The van der Waals surface area contributed by atoms with Crippen LogP contribution in [-0.2, 0) is 15.1 Å². The largest absolute Gasteiger partial charge is 0.354 e. The van der Waals surface area contributed by atoms with Crippen molar-refractivity contribution in [3.05, 3.63) is 72.4 Å². The molecule has 6 heteroatoms. The summed E-state index contributed by atoms with van der Waals surface area (Å²) < 4.78 is 0. The third-order valence-corrected chi connectivity index (χ3v) is 7.96. The highest BCUT2D eigenvalue weighted by Crippen LogP contribution is 2.40. The van der Waals surface area contributed by atoms with Crippen LogP contribution >= 0.6 is 0 Å². The second kappa shape index (κ2) is 10.9. The number of benzene rings is 2. The molecule has 6 nitrogen and oxygen atoms in total. The van der Waals surface area contributed by atoms with Crippen LogP contribution < -0.4 is 16.4 Å². The summed E-state index contributed by atoms with van der Waals surface area (Å²) in [5.41, 5.74) is 12.2. The fourth-order valence-corrected chi connectivity index (χ4v) is 5.68. The van der Waals surface area contributed by atoms with E-state index in [1.807, 2.05) is 24.3 Å². The maximum absolute atomic E-state index is 12.9. The predicted molar refractivity (Wildman–Crippen MR) is 148 cm³/mol. The van der Waals surface area contributed by atoms with E-state index in [9.17, 15) is 9.59 Å². The number of nitrogens with zero attached hydrogens (tertiary/aromatic N) is 1. The van der Waals surface area contributed by atoms with Gasteiger partial charge in [-0.15, -0.1) is 0 Å². The van der Waals surface area contributed by atoms with Gasteiger partial charge in [-0.1, -0.05) is 54.6 Å². The van der Waals surface area contributed by atoms with Crippen molar-refractivity contribution in [1.82, 2.24) is 10.3 Å². The average molecular weight is 497 g/mol. The van der Waals surface area contributed by atoms with Gasteiger partial charge in [0, 0.05) is 36.1 Å². The summed E-state index contributed by atoms with van der Waals surface area (Å²) in [6, 6.07) is 20.9. The van der Waals surface area contributed by atoms with Crippen LogP contribution in [0.5, 0.6) is 0 Å². The van der Waals surface area contributed by atoms with E-state index in [1.54, 1.807) is 13.1 Å². The Morgan fingerprint density at radius 1 is 0.973 bits per heavy atom. The summed E-state index contributed by atoms with van der Waals surface area (Å²) in [5.74, 6) is 0.365. The standard InChI is InChI=1S/C31H36N4O2/c1-21(36)34-26-14-8-22(9-15-26)18-29(37)35-27-19-28(23-6-3-2-4-7-23)30(33-20-27)24-10-12-25(13-11-24)31(32)16-5-17-31/h2-4,6-7,10-13,19-20,22,26H,5,8-9,14-18,32H2,1H3,(H,34,36)(H,35,37)/t22-,26-. The minimum atomic E-state index is -0.189. The van der Waals surface area contributed by atoms with Gasteiger partial charge in [-0.05, 0) is 68.1 Å². The molecule has 0 aliphatic heterocycles. The minimum Gasteiger partial charge on any atom is -0.354 e. The molecule has 2 aromatic carbocycles. The van der Waals surface area contributed by atoms with Crippen LogP contribution in [0, 0.1) is 5.92 Å². The minimum absolute atomic E-state index is 0.00892. The number of pyridine rings is 1. The molecule has 37 heavy (non-hydrogen) atoms. The molecule has 0 saturated heterocycles. The molecule has 1 aromatic heterocycles. The van der Waals surface area contributed by atoms with Gasteiger partial charge in [0.2, 0.25) is 11.8 Å². The van der Waals surface area contributed by atoms with Crippen LogP contribution in [0.4, 0.5) is 5.69 Å². The second-order valence-corrected chi connectivity index (χ2v) is 10.7. The molecular formula is C31H36N4O2. The fourth-order valence-electron chi connectivity index (χ4n) is 5.68. The zero-order valence-electron chi connectivity index (χ0n) is 21.5. The molecule has 0 radical (unpaired) electrons. The maximum Gasteiger partial charge on any atom is 0.224 e. The number of hydrogen-bond acceptors (Lipinski definition) is 4. The summed E-state index contributed by atoms with van der Waals surface area (Å²) in [6.07, 6.45) is 9.23. The molecule has 5 rings (SSSR count). The van der Waals surface area contributed by atoms with E-state index in [1.165, 1.54) is 12.0 Å². The Morgan fingerprint density at radius 2 is 1.68 bits per heavy atom. The highest BCUT2D eigenvalue weighted by Gasteiger charge is 2.34. The van der Waals surface area contributed by atoms with Gasteiger partial charge in [-0.3, -0.25) is 14.6 Å². The maximum atomic E-state index is 12.9. The number of anilines is 1. The molecule has 2 aliphatic rings. The molecule has 2 fully saturated rings. The van der Waals surface area contributed by atoms with Crippen LogP contribution in [0.25, 0.3) is 22.4 Å². The summed E-state index contributed by atoms with van der Waals surface area (Å²) in [4.78, 5) is 29.0. The lowest BCUT2D eigenvalue weighted by molar-refractivity contribution is -0.120. The zero-order chi connectivity index (χ0) is 25.8. The number of carbonyl (C=O) groups is 2. The summed E-state index contributed by atoms with van der Waals surface area (Å²) in [5, 5.41) is 6.08. The number of hydrogen-bond donors (Lipinski definition) is 3. The van der Waals surface area contributed by atoms with Crippen LogP contribution in [0.3, 0.4) is 0 Å². The Labute approximate surface area is 219 Å². The molecule has 3 aromatic rings. The molecule has 192 valence electrons. The first-order chi connectivity index (χ1) is 17.9. The van der Waals surface area contributed by atoms with Crippen LogP contribution in [0.2, 0.25) is 0 Å². The monoisotopic (exact) mass is 496 g/mol. The first kappa shape index (κ1) is 25.2. The van der Waals surface area contributed by atoms with Crippen molar-refractivity contribution in [2.45, 2.75) is 69.9 Å². The van der Waals surface area contributed by atoms with Crippen molar-refractivity contribution in [1.29, 1.82) is 0 Å². The molecular weight excluding hydrogens is 460 g/mol. The number of nitrogens with one attached hydrogen (secondary N) is 2. The lowest BCUT2D eigenvalue weighted by Gasteiger charge is -2.38. The van der Waals surface area contributed by atoms with Gasteiger partial charge in [-0.25, -0.2) is 0 Å². The Morgan fingerprint density at radius 3 is 2.30 bits per heavy atom. The Kier molecular flexibility index (Phi) is 7.38. The fraction of sp³-hybridized carbons (Fsp3) is 0.387. The lowest BCUT2D eigenvalue weighted by Crippen LogP contribution is -2.43. The van der Waals surface area contributed by atoms with Crippen molar-refractivity contribution in [3.8, 4) is 22.4 Å². The molecule has 0 bridgehead atoms. The number of amides is 2. The van der Waals surface area contributed by atoms with E-state index in [0.29, 0.717) is 18.0 Å². The van der Waals surface area contributed by atoms with E-state index >= 15 is 0 Å². The van der Waals surface area contributed by atoms with Crippen molar-refractivity contribution >= 4 is 17.5 Å². The van der Waals surface area contributed by atoms with Crippen molar-refractivity contribution < 1.29 is 9.59 Å². The van der Waals surface area contributed by atoms with E-state index in [2.05, 4.69) is 47.0 Å². The predicted octanol–water partition coefficient (Wildman–Crippen LogP) is 5.78. The first-order valence-corrected chi connectivity index (χ1v) is 13.4. The van der Waals surface area contributed by atoms with Gasteiger partial charge < -0.3 is 16.4 Å². The SMILES string of the molecule is CC(=O)N[C@H]1CC[C@H](CC(=O)Nc2cnc(-c3ccc(C4(N)CCC4)cc3)c(-c3ccccc3)c2)CC1. The quantitative estimate of drug-likeness (QED) is 0.386. The molecule has 2 amide bonds. The van der Waals surface area contributed by atoms with E-state index in [0.717, 1.165) is 60.9 Å². The number of carbonyl (C=O) groups excluding carboxylic acids is 2. The van der Waals surface area contributed by atoms with Gasteiger partial charge >= 0.3 is 0 Å². The highest BCUT2D eigenvalue weighted by atomic mass is 16.2. The second-order valence-electron chi connectivity index (χ2n) is 10.7. The molecule has 0 spiro atoms. The lowest BCUT2D eigenvalue weighted by atomic mass is 9.72. The van der Waals surface area contributed by atoms with Crippen LogP contribution in [0.15, 0.2) is 66.9 Å². The van der Waals surface area contributed by atoms with Gasteiger partial charge in [0.15, 0.2) is 0 Å². The summed E-state index contributed by atoms with van der Waals surface area (Å²) >= 11 is 0. The molecule has 4 N–H and O–H groups in total. The number of aromatic nitrogens is 1. The topological polar surface area (TPSA) is 97.1 Å². The van der Waals surface area contributed by atoms with Crippen molar-refractivity contribution in [2.75, 3.05) is 5.32 Å². The Hall–Kier alpha value is -3.51. The third kappa shape index (κ3) is 5.91. The molecule has 0 atom stereocenters. The molecule has 0 unspecified atom stereocenters. The average Bonchev–Trinajstić information content (AvgIpc) is 2.89. The van der Waals surface area contributed by atoms with E-state index in [4.69, 9.17) is 10.7 Å². The normalized spacial score (nSPS) is 20.5. The van der Waals surface area contributed by atoms with Gasteiger partial charge in [-0.2, -0.15) is 0 Å². The number of rotatable bonds is 7. The van der Waals surface area contributed by atoms with E-state index < -0.39 is 0 Å². The Bertz CT molecular complexity index is 1240. The van der Waals surface area contributed by atoms with Gasteiger partial charge in [0.1, 0.15) is 0 Å². The van der Waals surface area contributed by atoms with Gasteiger partial charge in [0.25, 0.3) is 0 Å². The third-order valence-electron chi connectivity index (χ3n) is 7.96. The smallest absolute Gasteiger partial charge is 0.224 e. The van der Waals surface area contributed by atoms with E-state index in [-0.39, 0.29) is 23.4 Å². The molecule has 2 saturated carbocycles. The van der Waals surface area contributed by atoms with Crippen molar-refractivity contribution in [3.63, 3.8) is 0 Å².